The predicted molar refractivity (Wildman–Crippen MR) is 249 cm³/mol. The first kappa shape index (κ1) is 59.3. The Morgan fingerprint density at radius 3 is 1.21 bits per heavy atom. The van der Waals surface area contributed by atoms with E-state index in [1.54, 1.807) is 0 Å². The lowest BCUT2D eigenvalue weighted by Crippen LogP contribution is -2.64. The normalized spacial score (nSPS) is 21.8. The van der Waals surface area contributed by atoms with Crippen LogP contribution in [0.2, 0.25) is 0 Å². The highest BCUT2D eigenvalue weighted by Gasteiger charge is 2.51. The minimum absolute atomic E-state index is 0.0884. The number of carbonyl (C=O) groups is 2. The van der Waals surface area contributed by atoms with E-state index in [1.165, 1.54) is 116 Å². The molecular formula is C49H91O13P. The number of aliphatic hydroxyl groups is 5. The summed E-state index contributed by atoms with van der Waals surface area (Å²) < 4.78 is 33.6. The number of ether oxygens (including phenoxy) is 2. The molecule has 0 aromatic heterocycles. The second kappa shape index (κ2) is 39.5. The second-order valence-corrected chi connectivity index (χ2v) is 19.1. The van der Waals surface area contributed by atoms with Crippen molar-refractivity contribution in [1.29, 1.82) is 0 Å². The van der Waals surface area contributed by atoms with Crippen LogP contribution in [0.3, 0.4) is 0 Å². The number of phosphoric acid groups is 1. The Labute approximate surface area is 381 Å². The summed E-state index contributed by atoms with van der Waals surface area (Å²) in [5.74, 6) is -1.10. The molecule has 0 aromatic carbocycles. The Kier molecular flexibility index (Phi) is 37.2. The van der Waals surface area contributed by atoms with Crippen molar-refractivity contribution in [2.45, 2.75) is 262 Å². The highest BCUT2D eigenvalue weighted by molar-refractivity contribution is 7.47. The first-order valence-corrected chi connectivity index (χ1v) is 26.6. The van der Waals surface area contributed by atoms with E-state index in [-0.39, 0.29) is 12.8 Å². The number of esters is 2. The SMILES string of the molecule is CCCCCCCC/C=C/CCCCCCCCCCCC(=O)OC[C@@H](COP(=O)(O)OC1C(O)C(O)C(O)[C@H](O)C1O)OC(=O)CCCCCCC/C=C/CCCCCCCC. The molecule has 8 atom stereocenters. The summed E-state index contributed by atoms with van der Waals surface area (Å²) in [4.78, 5) is 35.8. The van der Waals surface area contributed by atoms with E-state index in [0.29, 0.717) is 12.8 Å². The molecule has 0 bridgehead atoms. The average Bonchev–Trinajstić information content (AvgIpc) is 3.26. The summed E-state index contributed by atoms with van der Waals surface area (Å²) in [6.07, 6.45) is 30.8. The van der Waals surface area contributed by atoms with Gasteiger partial charge in [-0.05, 0) is 64.2 Å². The summed E-state index contributed by atoms with van der Waals surface area (Å²) in [5.41, 5.74) is 0. The summed E-state index contributed by atoms with van der Waals surface area (Å²) >= 11 is 0. The number of phosphoric ester groups is 1. The van der Waals surface area contributed by atoms with Gasteiger partial charge in [0.15, 0.2) is 6.10 Å². The number of unbranched alkanes of at least 4 members (excludes halogenated alkanes) is 26. The van der Waals surface area contributed by atoms with Gasteiger partial charge in [-0.3, -0.25) is 18.6 Å². The van der Waals surface area contributed by atoms with Crippen molar-refractivity contribution in [2.24, 2.45) is 0 Å². The summed E-state index contributed by atoms with van der Waals surface area (Å²) in [5, 5.41) is 50.2. The predicted octanol–water partition coefficient (Wildman–Crippen LogP) is 10.4. The van der Waals surface area contributed by atoms with Gasteiger partial charge in [-0.2, -0.15) is 0 Å². The van der Waals surface area contributed by atoms with Gasteiger partial charge in [-0.15, -0.1) is 0 Å². The van der Waals surface area contributed by atoms with Gasteiger partial charge < -0.3 is 39.9 Å². The first-order valence-electron chi connectivity index (χ1n) is 25.1. The number of hydrogen-bond donors (Lipinski definition) is 6. The Hall–Kier alpha value is -1.67. The van der Waals surface area contributed by atoms with Crippen molar-refractivity contribution in [2.75, 3.05) is 13.2 Å². The fraction of sp³-hybridized carbons (Fsp3) is 0.878. The van der Waals surface area contributed by atoms with Crippen molar-refractivity contribution >= 4 is 19.8 Å². The van der Waals surface area contributed by atoms with Crippen LogP contribution in [0.1, 0.15) is 219 Å². The van der Waals surface area contributed by atoms with E-state index in [9.17, 15) is 44.6 Å². The van der Waals surface area contributed by atoms with Crippen molar-refractivity contribution in [3.05, 3.63) is 24.3 Å². The van der Waals surface area contributed by atoms with Crippen LogP contribution in [-0.2, 0) is 32.7 Å². The Morgan fingerprint density at radius 2 is 0.810 bits per heavy atom. The maximum atomic E-state index is 12.8. The number of allylic oxidation sites excluding steroid dienone is 4. The molecule has 1 aliphatic carbocycles. The van der Waals surface area contributed by atoms with Gasteiger partial charge >= 0.3 is 19.8 Å². The second-order valence-electron chi connectivity index (χ2n) is 17.7. The maximum Gasteiger partial charge on any atom is 0.472 e. The summed E-state index contributed by atoms with van der Waals surface area (Å²) in [6.45, 7) is 3.30. The van der Waals surface area contributed by atoms with E-state index in [2.05, 4.69) is 38.2 Å². The number of hydrogen-bond acceptors (Lipinski definition) is 12. The third-order valence-electron chi connectivity index (χ3n) is 11.8. The van der Waals surface area contributed by atoms with Crippen LogP contribution in [0.4, 0.5) is 0 Å². The molecule has 0 aromatic rings. The molecule has 63 heavy (non-hydrogen) atoms. The Morgan fingerprint density at radius 1 is 0.476 bits per heavy atom. The first-order chi connectivity index (χ1) is 30.4. The van der Waals surface area contributed by atoms with Crippen LogP contribution in [0, 0.1) is 0 Å². The average molecular weight is 919 g/mol. The molecule has 0 amide bonds. The molecule has 1 fully saturated rings. The lowest BCUT2D eigenvalue weighted by Gasteiger charge is -2.41. The van der Waals surface area contributed by atoms with Gasteiger partial charge in [0, 0.05) is 12.8 Å². The molecule has 1 saturated carbocycles. The molecule has 0 saturated heterocycles. The van der Waals surface area contributed by atoms with Gasteiger partial charge in [0.25, 0.3) is 0 Å². The zero-order valence-corrected chi connectivity index (χ0v) is 40.3. The molecular weight excluding hydrogens is 827 g/mol. The maximum absolute atomic E-state index is 12.8. The topological polar surface area (TPSA) is 210 Å². The van der Waals surface area contributed by atoms with Gasteiger partial charge in [-0.1, -0.05) is 167 Å². The lowest BCUT2D eigenvalue weighted by molar-refractivity contribution is -0.220. The van der Waals surface area contributed by atoms with Crippen LogP contribution in [-0.4, -0.2) is 98.3 Å². The highest BCUT2D eigenvalue weighted by atomic mass is 31.2. The molecule has 13 nitrogen and oxygen atoms in total. The Bertz CT molecular complexity index is 1200. The molecule has 0 aliphatic heterocycles. The molecule has 6 N–H and O–H groups in total. The van der Waals surface area contributed by atoms with Gasteiger partial charge in [-0.25, -0.2) is 4.57 Å². The van der Waals surface area contributed by atoms with Crippen molar-refractivity contribution in [3.8, 4) is 0 Å². The molecule has 6 unspecified atom stereocenters. The molecule has 1 aliphatic rings. The minimum Gasteiger partial charge on any atom is -0.462 e. The lowest BCUT2D eigenvalue weighted by atomic mass is 9.85. The van der Waals surface area contributed by atoms with Gasteiger partial charge in [0.2, 0.25) is 0 Å². The summed E-state index contributed by atoms with van der Waals surface area (Å²) in [7, 11) is -5.12. The molecule has 370 valence electrons. The molecule has 1 rings (SSSR count). The largest absolute Gasteiger partial charge is 0.472 e. The van der Waals surface area contributed by atoms with Gasteiger partial charge in [0.1, 0.15) is 43.2 Å². The van der Waals surface area contributed by atoms with Crippen molar-refractivity contribution in [1.82, 2.24) is 0 Å². The van der Waals surface area contributed by atoms with Crippen LogP contribution in [0.15, 0.2) is 24.3 Å². The number of carbonyl (C=O) groups excluding carboxylic acids is 2. The standard InChI is InChI=1S/C49H91O13P/c1-3-5-7-9-11-13-15-17-19-20-21-22-24-25-27-29-31-33-35-37-42(50)59-39-41(40-60-63(57,58)62-49-47(55)45(53)44(52)46(54)48(49)56)61-43(51)38-36-34-32-30-28-26-23-18-16-14-12-10-8-6-4-2/h17-19,23,41,44-49,52-56H,3-16,20-22,24-40H2,1-2H3,(H,57,58)/b19-17+,23-18+/t41-,44?,45-,46?,47?,48?,49?/m0/s1. The minimum atomic E-state index is -5.12. The van der Waals surface area contributed by atoms with E-state index >= 15 is 0 Å². The van der Waals surface area contributed by atoms with E-state index in [0.717, 1.165) is 64.2 Å². The number of aliphatic hydroxyl groups excluding tert-OH is 5. The van der Waals surface area contributed by atoms with Crippen LogP contribution < -0.4 is 0 Å². The fourth-order valence-electron chi connectivity index (χ4n) is 7.69. The Balaban J connectivity index is 2.41. The van der Waals surface area contributed by atoms with Crippen LogP contribution in [0.5, 0.6) is 0 Å². The van der Waals surface area contributed by atoms with E-state index in [1.807, 2.05) is 0 Å². The fourth-order valence-corrected chi connectivity index (χ4v) is 8.66. The molecule has 0 spiro atoms. The molecule has 14 heteroatoms. The third kappa shape index (κ3) is 31.8. The van der Waals surface area contributed by atoms with Crippen LogP contribution >= 0.6 is 7.82 Å². The molecule has 0 heterocycles. The quantitative estimate of drug-likeness (QED) is 0.0146. The van der Waals surface area contributed by atoms with Crippen LogP contribution in [0.25, 0.3) is 0 Å². The highest BCUT2D eigenvalue weighted by Crippen LogP contribution is 2.47. The monoisotopic (exact) mass is 919 g/mol. The van der Waals surface area contributed by atoms with E-state index < -0.39 is 75.7 Å². The van der Waals surface area contributed by atoms with Gasteiger partial charge in [0.05, 0.1) is 6.61 Å². The third-order valence-corrected chi connectivity index (χ3v) is 12.8. The summed E-state index contributed by atoms with van der Waals surface area (Å²) in [6, 6.07) is 0. The smallest absolute Gasteiger partial charge is 0.462 e. The van der Waals surface area contributed by atoms with Crippen molar-refractivity contribution < 1.29 is 63.1 Å². The van der Waals surface area contributed by atoms with E-state index in [4.69, 9.17) is 18.5 Å². The molecule has 0 radical (unpaired) electrons. The zero-order chi connectivity index (χ0) is 46.4. The van der Waals surface area contributed by atoms with Crippen molar-refractivity contribution in [3.63, 3.8) is 0 Å². The number of rotatable bonds is 42. The zero-order valence-electron chi connectivity index (χ0n) is 39.4.